The van der Waals surface area contributed by atoms with Crippen LogP contribution in [-0.4, -0.2) is 9.13 Å². The Balaban J connectivity index is 2.53. The van der Waals surface area contributed by atoms with Crippen molar-refractivity contribution in [3.63, 3.8) is 0 Å². The molecule has 3 N–H and O–H groups in total. The number of nitrogens with one attached hydrogen (secondary N) is 1. The molecule has 1 aliphatic rings. The Morgan fingerprint density at radius 3 is 2.71 bits per heavy atom. The fourth-order valence-corrected chi connectivity index (χ4v) is 1.71. The predicted molar refractivity (Wildman–Crippen MR) is 64.3 cm³/mol. The van der Waals surface area contributed by atoms with Crippen LogP contribution in [0.25, 0.3) is 0 Å². The third kappa shape index (κ3) is 2.24. The molecule has 1 heterocycles. The van der Waals surface area contributed by atoms with Crippen molar-refractivity contribution >= 4 is 5.82 Å². The molecule has 1 fully saturated rings. The molecule has 1 aromatic heterocycles. The van der Waals surface area contributed by atoms with Crippen molar-refractivity contribution in [2.24, 2.45) is 11.8 Å². The Morgan fingerprint density at radius 2 is 2.18 bits per heavy atom. The van der Waals surface area contributed by atoms with Crippen molar-refractivity contribution < 1.29 is 0 Å². The molecule has 0 bridgehead atoms. The quantitative estimate of drug-likeness (QED) is 0.411. The molecule has 1 saturated carbocycles. The van der Waals surface area contributed by atoms with Gasteiger partial charge in [-0.15, -0.1) is 6.42 Å². The first kappa shape index (κ1) is 11.5. The van der Waals surface area contributed by atoms with Gasteiger partial charge in [0.1, 0.15) is 5.82 Å². The Morgan fingerprint density at radius 1 is 1.47 bits per heavy atom. The molecule has 0 atom stereocenters. The largest absolute Gasteiger partial charge is 0.333 e. The summed E-state index contributed by atoms with van der Waals surface area (Å²) in [5.41, 5.74) is 1.53. The maximum absolute atomic E-state index is 12.1. The van der Waals surface area contributed by atoms with E-state index in [4.69, 9.17) is 12.3 Å². The zero-order valence-corrected chi connectivity index (χ0v) is 9.35. The molecule has 0 spiro atoms. The Kier molecular flexibility index (Phi) is 3.02. The lowest BCUT2D eigenvalue weighted by Crippen LogP contribution is -2.41. The van der Waals surface area contributed by atoms with Gasteiger partial charge >= 0.3 is 5.69 Å². The first-order chi connectivity index (χ1) is 8.17. The molecule has 1 aliphatic carbocycles. The molecule has 6 nitrogen and oxygen atoms in total. The number of terminal acetylenes is 1. The molecule has 2 rings (SSSR count). The Bertz CT molecular complexity index is 575. The van der Waals surface area contributed by atoms with Gasteiger partial charge in [0.05, 0.1) is 6.54 Å². The van der Waals surface area contributed by atoms with Gasteiger partial charge < -0.3 is 5.43 Å². The lowest BCUT2D eigenvalue weighted by atomic mass is 10.4. The van der Waals surface area contributed by atoms with Crippen LogP contribution in [0.2, 0.25) is 0 Å². The molecule has 0 radical (unpaired) electrons. The smallest absolute Gasteiger partial charge is 0.310 e. The maximum atomic E-state index is 12.1. The number of hydrogen-bond acceptors (Lipinski definition) is 4. The summed E-state index contributed by atoms with van der Waals surface area (Å²) >= 11 is 0. The maximum Gasteiger partial charge on any atom is 0.333 e. The van der Waals surface area contributed by atoms with E-state index in [9.17, 15) is 9.59 Å². The molecule has 1 aromatic rings. The van der Waals surface area contributed by atoms with Gasteiger partial charge in [-0.2, -0.15) is 0 Å². The molecule has 0 aromatic carbocycles. The normalized spacial score (nSPS) is 14.4. The minimum atomic E-state index is -0.437. The number of hydrogen-bond donors (Lipinski definition) is 2. The van der Waals surface area contributed by atoms with Crippen LogP contribution in [0.15, 0.2) is 15.7 Å². The van der Waals surface area contributed by atoms with E-state index in [1.54, 1.807) is 0 Å². The van der Waals surface area contributed by atoms with E-state index in [1.807, 2.05) is 0 Å². The Hall–Kier alpha value is -2.00. The first-order valence-electron chi connectivity index (χ1n) is 5.42. The van der Waals surface area contributed by atoms with Gasteiger partial charge in [-0.25, -0.2) is 15.2 Å². The average Bonchev–Trinajstić information content (AvgIpc) is 3.11. The molecule has 90 valence electrons. The van der Waals surface area contributed by atoms with E-state index in [0.717, 1.165) is 17.4 Å². The number of nitrogen functional groups attached to an aromatic ring is 1. The van der Waals surface area contributed by atoms with Crippen LogP contribution in [0.5, 0.6) is 0 Å². The highest BCUT2D eigenvalue weighted by molar-refractivity contribution is 5.32. The Labute approximate surface area is 98.0 Å². The standard InChI is InChI=1S/C11H14N4O2/c1-2-5-14-10(16)6-9(13-12)15(11(14)17)7-8-3-4-8/h1,6,8,13H,3-5,7,12H2. The van der Waals surface area contributed by atoms with E-state index in [-0.39, 0.29) is 6.54 Å². The lowest BCUT2D eigenvalue weighted by Gasteiger charge is -2.13. The topological polar surface area (TPSA) is 82.0 Å². The summed E-state index contributed by atoms with van der Waals surface area (Å²) in [6.45, 7) is 0.552. The zero-order chi connectivity index (χ0) is 12.4. The monoisotopic (exact) mass is 234 g/mol. The molecule has 0 amide bonds. The molecule has 0 saturated heterocycles. The second-order valence-electron chi connectivity index (χ2n) is 4.14. The summed E-state index contributed by atoms with van der Waals surface area (Å²) in [6.07, 6.45) is 7.34. The SMILES string of the molecule is C#CCn1c(=O)cc(NN)n(CC2CC2)c1=O. The summed E-state index contributed by atoms with van der Waals surface area (Å²) in [4.78, 5) is 23.7. The van der Waals surface area contributed by atoms with Crippen LogP contribution in [0, 0.1) is 18.3 Å². The number of nitrogens with zero attached hydrogens (tertiary/aromatic N) is 2. The van der Waals surface area contributed by atoms with Crippen LogP contribution < -0.4 is 22.5 Å². The minimum Gasteiger partial charge on any atom is -0.310 e. The fraction of sp³-hybridized carbons (Fsp3) is 0.455. The van der Waals surface area contributed by atoms with E-state index in [0.29, 0.717) is 18.3 Å². The van der Waals surface area contributed by atoms with Crippen molar-refractivity contribution in [1.82, 2.24) is 9.13 Å². The zero-order valence-electron chi connectivity index (χ0n) is 9.35. The highest BCUT2D eigenvalue weighted by atomic mass is 16.2. The first-order valence-corrected chi connectivity index (χ1v) is 5.42. The van der Waals surface area contributed by atoms with Crippen LogP contribution in [-0.2, 0) is 13.1 Å². The van der Waals surface area contributed by atoms with E-state index in [2.05, 4.69) is 11.3 Å². The van der Waals surface area contributed by atoms with Crippen LogP contribution in [0.4, 0.5) is 5.82 Å². The van der Waals surface area contributed by atoms with Crippen molar-refractivity contribution in [2.45, 2.75) is 25.9 Å². The van der Waals surface area contributed by atoms with Crippen LogP contribution >= 0.6 is 0 Å². The van der Waals surface area contributed by atoms with Crippen molar-refractivity contribution in [1.29, 1.82) is 0 Å². The fourth-order valence-electron chi connectivity index (χ4n) is 1.71. The molecular weight excluding hydrogens is 220 g/mol. The number of rotatable bonds is 4. The van der Waals surface area contributed by atoms with Gasteiger partial charge in [-0.05, 0) is 18.8 Å². The predicted octanol–water partition coefficient (Wildman–Crippen LogP) is -0.661. The van der Waals surface area contributed by atoms with Gasteiger partial charge in [0, 0.05) is 12.6 Å². The third-order valence-corrected chi connectivity index (χ3v) is 2.81. The van der Waals surface area contributed by atoms with Crippen LogP contribution in [0.3, 0.4) is 0 Å². The number of anilines is 1. The van der Waals surface area contributed by atoms with Gasteiger partial charge in [0.25, 0.3) is 5.56 Å². The van der Waals surface area contributed by atoms with E-state index < -0.39 is 11.2 Å². The highest BCUT2D eigenvalue weighted by Crippen LogP contribution is 2.30. The number of hydrazine groups is 1. The summed E-state index contributed by atoms with van der Waals surface area (Å²) in [5.74, 6) is 8.44. The second kappa shape index (κ2) is 4.47. The lowest BCUT2D eigenvalue weighted by molar-refractivity contribution is 0.555. The summed E-state index contributed by atoms with van der Waals surface area (Å²) in [5, 5.41) is 0. The van der Waals surface area contributed by atoms with Crippen molar-refractivity contribution in [3.05, 3.63) is 26.9 Å². The van der Waals surface area contributed by atoms with E-state index in [1.165, 1.54) is 10.6 Å². The van der Waals surface area contributed by atoms with Crippen LogP contribution in [0.1, 0.15) is 12.8 Å². The second-order valence-corrected chi connectivity index (χ2v) is 4.14. The molecular formula is C11H14N4O2. The third-order valence-electron chi connectivity index (χ3n) is 2.81. The van der Waals surface area contributed by atoms with Gasteiger partial charge in [0.2, 0.25) is 0 Å². The van der Waals surface area contributed by atoms with Gasteiger partial charge in [0.15, 0.2) is 0 Å². The van der Waals surface area contributed by atoms with Gasteiger partial charge in [-0.1, -0.05) is 5.92 Å². The van der Waals surface area contributed by atoms with Crippen molar-refractivity contribution in [3.8, 4) is 12.3 Å². The summed E-state index contributed by atoms with van der Waals surface area (Å²) in [7, 11) is 0. The molecule has 0 aliphatic heterocycles. The number of nitrogens with two attached hydrogens (primary N) is 1. The molecule has 6 heteroatoms. The minimum absolute atomic E-state index is 0.0207. The number of aromatic nitrogens is 2. The molecule has 0 unspecified atom stereocenters. The summed E-state index contributed by atoms with van der Waals surface area (Å²) < 4.78 is 2.50. The molecule has 17 heavy (non-hydrogen) atoms. The van der Waals surface area contributed by atoms with E-state index >= 15 is 0 Å². The average molecular weight is 234 g/mol. The summed E-state index contributed by atoms with van der Waals surface area (Å²) in [6, 6.07) is 1.29. The van der Waals surface area contributed by atoms with Crippen molar-refractivity contribution in [2.75, 3.05) is 5.43 Å². The van der Waals surface area contributed by atoms with Gasteiger partial charge in [-0.3, -0.25) is 9.36 Å². The highest BCUT2D eigenvalue weighted by Gasteiger charge is 2.24.